The number of carbonyl (C=O) groups is 1. The number of hydrogen-bond acceptors (Lipinski definition) is 7. The second-order valence-corrected chi connectivity index (χ2v) is 12.8. The summed E-state index contributed by atoms with van der Waals surface area (Å²) in [6.45, 7) is 8.54. The van der Waals surface area contributed by atoms with Gasteiger partial charge in [0.1, 0.15) is 37.4 Å². The molecule has 6 rings (SSSR count). The fraction of sp³-hybridized carbons (Fsp3) is 0.279. The van der Waals surface area contributed by atoms with Gasteiger partial charge in [-0.3, -0.25) is 4.79 Å². The average molecular weight is 673 g/mol. The highest BCUT2D eigenvalue weighted by molar-refractivity contribution is 5.71. The van der Waals surface area contributed by atoms with Crippen molar-refractivity contribution in [3.05, 3.63) is 155 Å². The number of aryl methyl sites for hydroxylation is 1. The van der Waals surface area contributed by atoms with Crippen molar-refractivity contribution in [2.75, 3.05) is 0 Å². The maximum Gasteiger partial charge on any atom is 0.310 e. The lowest BCUT2D eigenvalue weighted by Gasteiger charge is -2.36. The highest BCUT2D eigenvalue weighted by Gasteiger charge is 2.36. The summed E-state index contributed by atoms with van der Waals surface area (Å²) >= 11 is 0. The molecule has 0 N–H and O–H groups in total. The number of fused-ring (bicyclic) bond motifs is 1. The Morgan fingerprint density at radius 2 is 1.22 bits per heavy atom. The van der Waals surface area contributed by atoms with E-state index in [9.17, 15) is 4.79 Å². The van der Waals surface area contributed by atoms with E-state index in [-0.39, 0.29) is 11.9 Å². The number of carbonyl (C=O) groups excluding carboxylic acids is 1. The zero-order valence-corrected chi connectivity index (χ0v) is 29.0. The molecular weight excluding hydrogens is 628 g/mol. The Labute approximate surface area is 294 Å². The smallest absolute Gasteiger partial charge is 0.310 e. The third-order valence-corrected chi connectivity index (χ3v) is 8.44. The molecule has 5 aromatic carbocycles. The number of hydrogen-bond donors (Lipinski definition) is 0. The molecule has 1 aliphatic rings. The molecule has 0 amide bonds. The van der Waals surface area contributed by atoms with Gasteiger partial charge in [0.05, 0.1) is 5.92 Å². The second-order valence-electron chi connectivity index (χ2n) is 12.8. The Bertz CT molecular complexity index is 1840. The van der Waals surface area contributed by atoms with E-state index in [4.69, 9.17) is 28.4 Å². The molecule has 0 saturated carbocycles. The maximum absolute atomic E-state index is 12.5. The van der Waals surface area contributed by atoms with Crippen LogP contribution < -0.4 is 18.9 Å². The predicted molar refractivity (Wildman–Crippen MR) is 192 cm³/mol. The Balaban J connectivity index is 1.32. The summed E-state index contributed by atoms with van der Waals surface area (Å²) in [5.74, 6) is 2.05. The molecule has 7 heteroatoms. The van der Waals surface area contributed by atoms with Crippen LogP contribution in [0.5, 0.6) is 23.0 Å². The fourth-order valence-corrected chi connectivity index (χ4v) is 5.82. The Kier molecular flexibility index (Phi) is 11.4. The normalized spacial score (nSPS) is 15.8. The summed E-state index contributed by atoms with van der Waals surface area (Å²) in [7, 11) is 0. The molecule has 1 aliphatic heterocycles. The Hall–Kier alpha value is -5.27. The first kappa shape index (κ1) is 34.6. The van der Waals surface area contributed by atoms with Gasteiger partial charge >= 0.3 is 5.97 Å². The molecule has 1 unspecified atom stereocenters. The fourth-order valence-electron chi connectivity index (χ4n) is 5.82. The molecule has 0 aliphatic carbocycles. The molecule has 7 nitrogen and oxygen atoms in total. The zero-order valence-electron chi connectivity index (χ0n) is 29.0. The zero-order chi connectivity index (χ0) is 34.9. The van der Waals surface area contributed by atoms with Crippen molar-refractivity contribution in [3.8, 4) is 23.0 Å². The highest BCUT2D eigenvalue weighted by Crippen LogP contribution is 2.44. The van der Waals surface area contributed by atoms with Crippen LogP contribution in [0.2, 0.25) is 0 Å². The van der Waals surface area contributed by atoms with Gasteiger partial charge in [-0.25, -0.2) is 0 Å². The molecule has 0 bridgehead atoms. The molecule has 258 valence electrons. The van der Waals surface area contributed by atoms with Crippen LogP contribution in [-0.2, 0) is 40.5 Å². The maximum atomic E-state index is 12.5. The first-order valence-electron chi connectivity index (χ1n) is 17.1. The molecule has 0 spiro atoms. The molecule has 3 atom stereocenters. The third-order valence-electron chi connectivity index (χ3n) is 8.44. The van der Waals surface area contributed by atoms with Gasteiger partial charge < -0.3 is 28.4 Å². The Morgan fingerprint density at radius 1 is 0.680 bits per heavy atom. The summed E-state index contributed by atoms with van der Waals surface area (Å²) in [4.78, 5) is 12.5. The summed E-state index contributed by atoms with van der Waals surface area (Å²) < 4.78 is 38.0. The van der Waals surface area contributed by atoms with E-state index in [2.05, 4.69) is 0 Å². The molecule has 0 saturated heterocycles. The van der Waals surface area contributed by atoms with E-state index in [1.165, 1.54) is 0 Å². The van der Waals surface area contributed by atoms with Crippen LogP contribution in [0, 0.1) is 12.8 Å². The molecule has 1 heterocycles. The monoisotopic (exact) mass is 672 g/mol. The van der Waals surface area contributed by atoms with E-state index >= 15 is 0 Å². The lowest BCUT2D eigenvalue weighted by atomic mass is 9.93. The lowest BCUT2D eigenvalue weighted by molar-refractivity contribution is -0.198. The minimum atomic E-state index is -0.802. The van der Waals surface area contributed by atoms with Crippen LogP contribution in [0.3, 0.4) is 0 Å². The molecule has 0 fully saturated rings. The Morgan fingerprint density at radius 3 is 1.78 bits per heavy atom. The van der Waals surface area contributed by atoms with Crippen molar-refractivity contribution >= 4 is 5.97 Å². The van der Waals surface area contributed by atoms with Gasteiger partial charge in [-0.2, -0.15) is 0 Å². The molecule has 50 heavy (non-hydrogen) atoms. The van der Waals surface area contributed by atoms with Crippen LogP contribution in [0.1, 0.15) is 60.3 Å². The van der Waals surface area contributed by atoms with Crippen LogP contribution >= 0.6 is 0 Å². The summed E-state index contributed by atoms with van der Waals surface area (Å²) in [6.07, 6.45) is -1.39. The predicted octanol–water partition coefficient (Wildman–Crippen LogP) is 9.34. The van der Waals surface area contributed by atoms with Crippen LogP contribution in [0.25, 0.3) is 0 Å². The standard InChI is InChI=1S/C43H44O7/c1-29(2)43(44)49-31(4)48-41-25-36-38(46-27-33-16-10-6-11-17-33)22-30(3)23-39(36)50-42(41)35-20-21-37(45-26-32-14-8-5-9-15-32)40(24-35)47-28-34-18-12-7-13-19-34/h5-24,29,31,41-42H,25-28H2,1-4H3/t31?,41-,42-/m1/s1. The highest BCUT2D eigenvalue weighted by atomic mass is 16.7. The molecule has 0 radical (unpaired) electrons. The minimum absolute atomic E-state index is 0.283. The van der Waals surface area contributed by atoms with Gasteiger partial charge in [-0.05, 0) is 65.9 Å². The van der Waals surface area contributed by atoms with Crippen molar-refractivity contribution in [1.82, 2.24) is 0 Å². The SMILES string of the molecule is Cc1cc(OCc2ccccc2)c2c(c1)O[C@H](c1ccc(OCc3ccccc3)c(OCc3ccccc3)c1)[C@H](OC(C)OC(=O)C(C)C)C2. The van der Waals surface area contributed by atoms with Crippen LogP contribution in [-0.4, -0.2) is 18.4 Å². The van der Waals surface area contributed by atoms with Crippen molar-refractivity contribution in [3.63, 3.8) is 0 Å². The summed E-state index contributed by atoms with van der Waals surface area (Å²) in [5.41, 5.74) is 5.91. The minimum Gasteiger partial charge on any atom is -0.488 e. The lowest BCUT2D eigenvalue weighted by Crippen LogP contribution is -2.37. The molecule has 5 aromatic rings. The number of esters is 1. The van der Waals surface area contributed by atoms with Crippen molar-refractivity contribution in [1.29, 1.82) is 0 Å². The van der Waals surface area contributed by atoms with E-state index in [1.807, 2.05) is 128 Å². The van der Waals surface area contributed by atoms with Gasteiger partial charge in [0.2, 0.25) is 6.29 Å². The average Bonchev–Trinajstić information content (AvgIpc) is 3.13. The topological polar surface area (TPSA) is 72.5 Å². The van der Waals surface area contributed by atoms with E-state index in [0.717, 1.165) is 44.9 Å². The van der Waals surface area contributed by atoms with Gasteiger partial charge in [0.15, 0.2) is 17.6 Å². The van der Waals surface area contributed by atoms with Crippen LogP contribution in [0.4, 0.5) is 0 Å². The van der Waals surface area contributed by atoms with E-state index in [1.54, 1.807) is 20.8 Å². The molecule has 0 aromatic heterocycles. The van der Waals surface area contributed by atoms with Gasteiger partial charge in [-0.15, -0.1) is 0 Å². The van der Waals surface area contributed by atoms with Crippen molar-refractivity contribution < 1.29 is 33.2 Å². The van der Waals surface area contributed by atoms with E-state index < -0.39 is 18.5 Å². The number of rotatable bonds is 14. The van der Waals surface area contributed by atoms with Crippen molar-refractivity contribution in [2.45, 2.75) is 72.4 Å². The third kappa shape index (κ3) is 9.04. The summed E-state index contributed by atoms with van der Waals surface area (Å²) in [6, 6.07) is 40.0. The largest absolute Gasteiger partial charge is 0.488 e. The quantitative estimate of drug-likeness (QED) is 0.0860. The van der Waals surface area contributed by atoms with Gasteiger partial charge in [0, 0.05) is 12.0 Å². The van der Waals surface area contributed by atoms with Crippen LogP contribution in [0.15, 0.2) is 121 Å². The number of benzene rings is 5. The molecular formula is C43H44O7. The van der Waals surface area contributed by atoms with Gasteiger partial charge in [0.25, 0.3) is 0 Å². The van der Waals surface area contributed by atoms with Gasteiger partial charge in [-0.1, -0.05) is 111 Å². The van der Waals surface area contributed by atoms with Crippen molar-refractivity contribution in [2.24, 2.45) is 5.92 Å². The summed E-state index contributed by atoms with van der Waals surface area (Å²) in [5, 5.41) is 0. The second kappa shape index (κ2) is 16.4. The first-order valence-corrected chi connectivity index (χ1v) is 17.1. The van der Waals surface area contributed by atoms with E-state index in [0.29, 0.717) is 37.7 Å². The first-order chi connectivity index (χ1) is 24.3. The number of ether oxygens (including phenoxy) is 6.